The van der Waals surface area contributed by atoms with E-state index in [-0.39, 0.29) is 21.8 Å². The lowest BCUT2D eigenvalue weighted by atomic mass is 10.1. The van der Waals surface area contributed by atoms with Gasteiger partial charge < -0.3 is 19.5 Å². The number of aldehydes is 1. The number of halogens is 2. The highest BCUT2D eigenvalue weighted by atomic mass is 35.5. The summed E-state index contributed by atoms with van der Waals surface area (Å²) < 4.78 is 16.5. The Kier molecular flexibility index (Phi) is 6.21. The van der Waals surface area contributed by atoms with Crippen molar-refractivity contribution in [3.63, 3.8) is 0 Å². The van der Waals surface area contributed by atoms with Gasteiger partial charge in [-0.15, -0.1) is 0 Å². The van der Waals surface area contributed by atoms with Gasteiger partial charge in [-0.3, -0.25) is 9.59 Å². The van der Waals surface area contributed by atoms with Crippen molar-refractivity contribution in [1.82, 2.24) is 0 Å². The van der Waals surface area contributed by atoms with E-state index in [4.69, 9.17) is 37.4 Å². The molecule has 0 radical (unpaired) electrons. The quantitative estimate of drug-likeness (QED) is 0.722. The van der Waals surface area contributed by atoms with Crippen LogP contribution in [0.3, 0.4) is 0 Å². The summed E-state index contributed by atoms with van der Waals surface area (Å²) in [6.07, 6.45) is 1.31. The number of amides is 1. The predicted molar refractivity (Wildman–Crippen MR) is 103 cm³/mol. The van der Waals surface area contributed by atoms with Crippen LogP contribution in [-0.2, 0) is 4.74 Å². The van der Waals surface area contributed by atoms with E-state index in [1.54, 1.807) is 18.2 Å². The first-order valence-electron chi connectivity index (χ1n) is 8.20. The third-order valence-electron chi connectivity index (χ3n) is 4.05. The van der Waals surface area contributed by atoms with E-state index in [1.807, 2.05) is 0 Å². The fourth-order valence-corrected chi connectivity index (χ4v) is 3.26. The minimum Gasteiger partial charge on any atom is -0.493 e. The molecule has 1 atom stereocenters. The Balaban J connectivity index is 1.83. The molecule has 1 aliphatic rings. The number of hydrogen-bond donors (Lipinski definition) is 1. The van der Waals surface area contributed by atoms with Gasteiger partial charge in [0.15, 0.2) is 11.5 Å². The van der Waals surface area contributed by atoms with Gasteiger partial charge in [0.05, 0.1) is 36.1 Å². The average Bonchev–Trinajstić information content (AvgIpc) is 3.17. The van der Waals surface area contributed by atoms with Gasteiger partial charge in [-0.2, -0.15) is 0 Å². The summed E-state index contributed by atoms with van der Waals surface area (Å²) in [6.45, 7) is 1.13. The van der Waals surface area contributed by atoms with Crippen LogP contribution in [-0.4, -0.2) is 38.6 Å². The number of hydrogen-bond acceptors (Lipinski definition) is 5. The van der Waals surface area contributed by atoms with Crippen LogP contribution in [0.5, 0.6) is 11.5 Å². The van der Waals surface area contributed by atoms with E-state index >= 15 is 0 Å². The third kappa shape index (κ3) is 4.53. The molecule has 1 fully saturated rings. The third-order valence-corrected chi connectivity index (χ3v) is 4.64. The van der Waals surface area contributed by atoms with Crippen LogP contribution in [0.25, 0.3) is 0 Å². The summed E-state index contributed by atoms with van der Waals surface area (Å²) in [5.74, 6) is 0.548. The first kappa shape index (κ1) is 19.5. The van der Waals surface area contributed by atoms with E-state index in [2.05, 4.69) is 5.32 Å². The number of rotatable bonds is 6. The summed E-state index contributed by atoms with van der Waals surface area (Å²) in [6, 6.07) is 7.71. The van der Waals surface area contributed by atoms with Gasteiger partial charge >= 0.3 is 0 Å². The van der Waals surface area contributed by atoms with Crippen LogP contribution in [0.1, 0.15) is 27.1 Å². The standard InChI is InChI=1S/C19H17Cl2NO5/c1-25-16-3-2-12(8-17(16)27-13-4-5-26-10-13)19(24)22-18-14(20)6-11(9-23)7-15(18)21/h2-3,6-9,13H,4-5,10H2,1H3,(H,22,24). The van der Waals surface area contributed by atoms with Gasteiger partial charge in [0.2, 0.25) is 0 Å². The number of nitrogens with one attached hydrogen (secondary N) is 1. The molecule has 27 heavy (non-hydrogen) atoms. The summed E-state index contributed by atoms with van der Waals surface area (Å²) >= 11 is 12.2. The number of methoxy groups -OCH3 is 1. The van der Waals surface area contributed by atoms with E-state index < -0.39 is 5.91 Å². The van der Waals surface area contributed by atoms with E-state index in [0.717, 1.165) is 6.42 Å². The van der Waals surface area contributed by atoms with Gasteiger partial charge in [0.25, 0.3) is 5.91 Å². The lowest BCUT2D eigenvalue weighted by Gasteiger charge is -2.16. The van der Waals surface area contributed by atoms with Crippen LogP contribution < -0.4 is 14.8 Å². The molecule has 0 bridgehead atoms. The fourth-order valence-electron chi connectivity index (χ4n) is 2.66. The molecule has 1 unspecified atom stereocenters. The first-order valence-corrected chi connectivity index (χ1v) is 8.95. The van der Waals surface area contributed by atoms with Crippen molar-refractivity contribution in [3.8, 4) is 11.5 Å². The molecule has 1 amide bonds. The molecular formula is C19H17Cl2NO5. The number of carbonyl (C=O) groups is 2. The highest BCUT2D eigenvalue weighted by Crippen LogP contribution is 2.33. The number of benzene rings is 2. The largest absolute Gasteiger partial charge is 0.493 e. The van der Waals surface area contributed by atoms with Crippen molar-refractivity contribution in [2.75, 3.05) is 25.6 Å². The smallest absolute Gasteiger partial charge is 0.255 e. The number of carbonyl (C=O) groups excluding carboxylic acids is 2. The molecule has 1 N–H and O–H groups in total. The second-order valence-corrected chi connectivity index (χ2v) is 6.72. The zero-order valence-electron chi connectivity index (χ0n) is 14.5. The predicted octanol–water partition coefficient (Wildman–Crippen LogP) is 4.23. The van der Waals surface area contributed by atoms with Crippen LogP contribution in [0.4, 0.5) is 5.69 Å². The van der Waals surface area contributed by atoms with Gasteiger partial charge in [-0.1, -0.05) is 23.2 Å². The second kappa shape index (κ2) is 8.61. The lowest BCUT2D eigenvalue weighted by molar-refractivity contribution is 0.102. The Labute approximate surface area is 166 Å². The Hall–Kier alpha value is -2.28. The minimum atomic E-state index is -0.423. The van der Waals surface area contributed by atoms with Crippen LogP contribution in [0.2, 0.25) is 10.0 Å². The van der Waals surface area contributed by atoms with Crippen LogP contribution >= 0.6 is 23.2 Å². The first-order chi connectivity index (χ1) is 13.0. The van der Waals surface area contributed by atoms with Crippen molar-refractivity contribution >= 4 is 41.1 Å². The zero-order valence-corrected chi connectivity index (χ0v) is 16.0. The van der Waals surface area contributed by atoms with E-state index in [9.17, 15) is 9.59 Å². The number of ether oxygens (including phenoxy) is 3. The van der Waals surface area contributed by atoms with Gasteiger partial charge in [-0.05, 0) is 30.3 Å². The molecule has 0 aromatic heterocycles. The molecular weight excluding hydrogens is 393 g/mol. The molecule has 2 aromatic rings. The molecule has 0 aliphatic carbocycles. The van der Waals surface area contributed by atoms with Crippen LogP contribution in [0.15, 0.2) is 30.3 Å². The number of anilines is 1. The maximum absolute atomic E-state index is 12.6. The second-order valence-electron chi connectivity index (χ2n) is 5.90. The summed E-state index contributed by atoms with van der Waals surface area (Å²) in [5, 5.41) is 3.01. The summed E-state index contributed by atoms with van der Waals surface area (Å²) in [4.78, 5) is 23.5. The van der Waals surface area contributed by atoms with Gasteiger partial charge in [0, 0.05) is 17.5 Å². The van der Waals surface area contributed by atoms with Crippen molar-refractivity contribution in [2.24, 2.45) is 0 Å². The Morgan fingerprint density at radius 3 is 2.56 bits per heavy atom. The lowest BCUT2D eigenvalue weighted by Crippen LogP contribution is -2.17. The fraction of sp³-hybridized carbons (Fsp3) is 0.263. The molecule has 1 saturated heterocycles. The molecule has 1 aliphatic heterocycles. The Morgan fingerprint density at radius 1 is 1.22 bits per heavy atom. The summed E-state index contributed by atoms with van der Waals surface area (Å²) in [7, 11) is 1.53. The van der Waals surface area contributed by atoms with Crippen molar-refractivity contribution in [1.29, 1.82) is 0 Å². The highest BCUT2D eigenvalue weighted by molar-refractivity contribution is 6.40. The zero-order chi connectivity index (χ0) is 19.4. The molecule has 0 saturated carbocycles. The summed E-state index contributed by atoms with van der Waals surface area (Å²) in [5.41, 5.74) is 0.898. The molecule has 0 spiro atoms. The van der Waals surface area contributed by atoms with E-state index in [0.29, 0.717) is 42.1 Å². The maximum atomic E-state index is 12.6. The molecule has 6 nitrogen and oxygen atoms in total. The molecule has 3 rings (SSSR count). The highest BCUT2D eigenvalue weighted by Gasteiger charge is 2.21. The minimum absolute atomic E-state index is 0.0861. The van der Waals surface area contributed by atoms with Gasteiger partial charge in [0.1, 0.15) is 12.4 Å². The SMILES string of the molecule is COc1ccc(C(=O)Nc2c(Cl)cc(C=O)cc2Cl)cc1OC1CCOC1. The maximum Gasteiger partial charge on any atom is 0.255 e. The normalized spacial score (nSPS) is 16.0. The Bertz CT molecular complexity index is 842. The van der Waals surface area contributed by atoms with Crippen LogP contribution in [0, 0.1) is 0 Å². The van der Waals surface area contributed by atoms with E-state index in [1.165, 1.54) is 19.2 Å². The molecule has 8 heteroatoms. The topological polar surface area (TPSA) is 73.9 Å². The average molecular weight is 410 g/mol. The van der Waals surface area contributed by atoms with Crippen molar-refractivity contribution in [3.05, 3.63) is 51.5 Å². The molecule has 1 heterocycles. The monoisotopic (exact) mass is 409 g/mol. The molecule has 2 aromatic carbocycles. The molecule has 142 valence electrons. The Morgan fingerprint density at radius 2 is 1.96 bits per heavy atom. The van der Waals surface area contributed by atoms with Crippen molar-refractivity contribution < 1.29 is 23.8 Å². The van der Waals surface area contributed by atoms with Crippen molar-refractivity contribution in [2.45, 2.75) is 12.5 Å². The van der Waals surface area contributed by atoms with Gasteiger partial charge in [-0.25, -0.2) is 0 Å².